The Bertz CT molecular complexity index is 712. The van der Waals surface area contributed by atoms with Crippen LogP contribution < -0.4 is 0 Å². The second-order valence-corrected chi connectivity index (χ2v) is 8.00. The Balaban J connectivity index is 1.78. The molecule has 0 amide bonds. The smallest absolute Gasteiger partial charge is 0.113 e. The van der Waals surface area contributed by atoms with Gasteiger partial charge in [0.05, 0.1) is 16.6 Å². The van der Waals surface area contributed by atoms with Crippen molar-refractivity contribution in [3.05, 3.63) is 41.7 Å². The van der Waals surface area contributed by atoms with E-state index in [2.05, 4.69) is 63.6 Å². The van der Waals surface area contributed by atoms with Crippen molar-refractivity contribution in [3.63, 3.8) is 0 Å². The Morgan fingerprint density at radius 2 is 1.96 bits per heavy atom. The van der Waals surface area contributed by atoms with Crippen LogP contribution >= 0.6 is 0 Å². The van der Waals surface area contributed by atoms with E-state index in [4.69, 9.17) is 9.72 Å². The standard InChI is InChI=1S/C23H36N2O/c1-6-7-10-18-26-23(3,4)17-11-12-19(2)15-16-22-24-20-13-8-9-14-21(20)25(22)5/h8-9,13-15H,6-7,10-12,16-18H2,1-5H3/b19-15+. The highest BCUT2D eigenvalue weighted by Crippen LogP contribution is 2.21. The summed E-state index contributed by atoms with van der Waals surface area (Å²) >= 11 is 0. The zero-order chi connectivity index (χ0) is 19.0. The van der Waals surface area contributed by atoms with Gasteiger partial charge >= 0.3 is 0 Å². The summed E-state index contributed by atoms with van der Waals surface area (Å²) in [6.07, 6.45) is 10.3. The lowest BCUT2D eigenvalue weighted by molar-refractivity contribution is -0.0261. The number of rotatable bonds is 11. The van der Waals surface area contributed by atoms with E-state index < -0.39 is 0 Å². The normalized spacial score (nSPS) is 12.9. The predicted molar refractivity (Wildman–Crippen MR) is 112 cm³/mol. The summed E-state index contributed by atoms with van der Waals surface area (Å²) in [5, 5.41) is 0. The van der Waals surface area contributed by atoms with Crippen LogP contribution in [0.2, 0.25) is 0 Å². The first-order valence-corrected chi connectivity index (χ1v) is 10.1. The number of benzene rings is 1. The summed E-state index contributed by atoms with van der Waals surface area (Å²) in [6.45, 7) is 9.79. The number of unbranched alkanes of at least 4 members (excludes halogenated alkanes) is 2. The van der Waals surface area contributed by atoms with E-state index in [9.17, 15) is 0 Å². The molecule has 0 aliphatic rings. The number of imidazole rings is 1. The Morgan fingerprint density at radius 1 is 1.19 bits per heavy atom. The van der Waals surface area contributed by atoms with Gasteiger partial charge in [0.2, 0.25) is 0 Å². The molecule has 0 saturated carbocycles. The van der Waals surface area contributed by atoms with Gasteiger partial charge < -0.3 is 9.30 Å². The lowest BCUT2D eigenvalue weighted by Crippen LogP contribution is -2.24. The molecule has 0 spiro atoms. The number of para-hydroxylation sites is 2. The minimum atomic E-state index is -0.00851. The minimum absolute atomic E-state index is 0.00851. The summed E-state index contributed by atoms with van der Waals surface area (Å²) in [4.78, 5) is 4.75. The molecule has 3 heteroatoms. The number of hydrogen-bond acceptors (Lipinski definition) is 2. The number of aromatic nitrogens is 2. The number of nitrogens with zero attached hydrogens (tertiary/aromatic N) is 2. The molecule has 1 aromatic heterocycles. The monoisotopic (exact) mass is 356 g/mol. The molecule has 0 aliphatic carbocycles. The van der Waals surface area contributed by atoms with Crippen molar-refractivity contribution in [3.8, 4) is 0 Å². The number of allylic oxidation sites excluding steroid dienone is 2. The summed E-state index contributed by atoms with van der Waals surface area (Å²) in [6, 6.07) is 8.33. The zero-order valence-electron chi connectivity index (χ0n) is 17.3. The van der Waals surface area contributed by atoms with Gasteiger partial charge in [-0.05, 0) is 58.6 Å². The zero-order valence-corrected chi connectivity index (χ0v) is 17.3. The summed E-state index contributed by atoms with van der Waals surface area (Å²) < 4.78 is 8.26. The molecule has 144 valence electrons. The molecule has 0 atom stereocenters. The Hall–Kier alpha value is -1.61. The van der Waals surface area contributed by atoms with Gasteiger partial charge in [-0.25, -0.2) is 4.98 Å². The van der Waals surface area contributed by atoms with E-state index >= 15 is 0 Å². The third-order valence-corrected chi connectivity index (χ3v) is 5.10. The van der Waals surface area contributed by atoms with E-state index in [1.165, 1.54) is 36.8 Å². The SMILES string of the molecule is CCCCCOC(C)(C)CCC/C(C)=C/Cc1nc2ccccc2n1C. The molecule has 0 aliphatic heterocycles. The van der Waals surface area contributed by atoms with Gasteiger partial charge in [-0.3, -0.25) is 0 Å². The average molecular weight is 357 g/mol. The summed E-state index contributed by atoms with van der Waals surface area (Å²) in [5.41, 5.74) is 3.72. The minimum Gasteiger partial charge on any atom is -0.376 e. The van der Waals surface area contributed by atoms with Crippen LogP contribution in [0.3, 0.4) is 0 Å². The number of hydrogen-bond donors (Lipinski definition) is 0. The molecule has 2 aromatic rings. The Kier molecular flexibility index (Phi) is 7.89. The molecule has 0 unspecified atom stereocenters. The van der Waals surface area contributed by atoms with E-state index in [1.54, 1.807) is 0 Å². The lowest BCUT2D eigenvalue weighted by atomic mass is 9.98. The molecular weight excluding hydrogens is 320 g/mol. The topological polar surface area (TPSA) is 27.1 Å². The number of fused-ring (bicyclic) bond motifs is 1. The first-order valence-electron chi connectivity index (χ1n) is 10.1. The Morgan fingerprint density at radius 3 is 2.69 bits per heavy atom. The molecule has 2 rings (SSSR count). The van der Waals surface area contributed by atoms with Crippen LogP contribution in [0, 0.1) is 0 Å². The molecule has 0 bridgehead atoms. The molecule has 1 heterocycles. The highest BCUT2D eigenvalue weighted by atomic mass is 16.5. The molecule has 3 nitrogen and oxygen atoms in total. The number of aryl methyl sites for hydroxylation is 1. The average Bonchev–Trinajstić information content (AvgIpc) is 2.93. The molecule has 1 aromatic carbocycles. The predicted octanol–water partition coefficient (Wildman–Crippen LogP) is 6.22. The number of ether oxygens (including phenoxy) is 1. The van der Waals surface area contributed by atoms with E-state index in [-0.39, 0.29) is 5.60 Å². The van der Waals surface area contributed by atoms with Crippen molar-refractivity contribution in [1.82, 2.24) is 9.55 Å². The van der Waals surface area contributed by atoms with Gasteiger partial charge in [0.15, 0.2) is 0 Å². The molecule has 26 heavy (non-hydrogen) atoms. The lowest BCUT2D eigenvalue weighted by Gasteiger charge is -2.25. The van der Waals surface area contributed by atoms with Crippen molar-refractivity contribution in [2.75, 3.05) is 6.61 Å². The van der Waals surface area contributed by atoms with Crippen molar-refractivity contribution in [2.24, 2.45) is 7.05 Å². The maximum absolute atomic E-state index is 6.06. The van der Waals surface area contributed by atoms with Gasteiger partial charge in [0.25, 0.3) is 0 Å². The second-order valence-electron chi connectivity index (χ2n) is 8.00. The van der Waals surface area contributed by atoms with Crippen molar-refractivity contribution in [1.29, 1.82) is 0 Å². The summed E-state index contributed by atoms with van der Waals surface area (Å²) in [5.74, 6) is 1.13. The molecule has 0 fully saturated rings. The van der Waals surface area contributed by atoms with Crippen LogP contribution in [-0.4, -0.2) is 21.8 Å². The molecular formula is C23H36N2O. The first-order chi connectivity index (χ1) is 12.4. The summed E-state index contributed by atoms with van der Waals surface area (Å²) in [7, 11) is 2.10. The van der Waals surface area contributed by atoms with Crippen LogP contribution in [-0.2, 0) is 18.2 Å². The van der Waals surface area contributed by atoms with Gasteiger partial charge in [-0.1, -0.05) is 43.5 Å². The fraction of sp³-hybridized carbons (Fsp3) is 0.609. The van der Waals surface area contributed by atoms with Crippen molar-refractivity contribution in [2.45, 2.75) is 78.2 Å². The van der Waals surface area contributed by atoms with Crippen molar-refractivity contribution >= 4 is 11.0 Å². The molecule has 0 N–H and O–H groups in total. The molecule has 0 saturated heterocycles. The fourth-order valence-corrected chi connectivity index (χ4v) is 3.31. The van der Waals surface area contributed by atoms with E-state index in [0.717, 1.165) is 37.2 Å². The third-order valence-electron chi connectivity index (χ3n) is 5.10. The second kappa shape index (κ2) is 9.91. The highest BCUT2D eigenvalue weighted by Gasteiger charge is 2.17. The molecule has 0 radical (unpaired) electrons. The first kappa shape index (κ1) is 20.7. The van der Waals surface area contributed by atoms with Crippen LogP contribution in [0.15, 0.2) is 35.9 Å². The quantitative estimate of drug-likeness (QED) is 0.353. The van der Waals surface area contributed by atoms with Crippen LogP contribution in [0.25, 0.3) is 11.0 Å². The maximum Gasteiger partial charge on any atom is 0.113 e. The van der Waals surface area contributed by atoms with Gasteiger partial charge in [-0.15, -0.1) is 0 Å². The van der Waals surface area contributed by atoms with Crippen LogP contribution in [0.5, 0.6) is 0 Å². The van der Waals surface area contributed by atoms with E-state index in [0.29, 0.717) is 0 Å². The Labute approximate surface area is 159 Å². The van der Waals surface area contributed by atoms with Gasteiger partial charge in [-0.2, -0.15) is 0 Å². The van der Waals surface area contributed by atoms with Gasteiger partial charge in [0, 0.05) is 20.1 Å². The maximum atomic E-state index is 6.06. The van der Waals surface area contributed by atoms with Gasteiger partial charge in [0.1, 0.15) is 5.82 Å². The van der Waals surface area contributed by atoms with Crippen LogP contribution in [0.1, 0.15) is 72.0 Å². The van der Waals surface area contributed by atoms with Crippen molar-refractivity contribution < 1.29 is 4.74 Å². The fourth-order valence-electron chi connectivity index (χ4n) is 3.31. The third kappa shape index (κ3) is 6.28. The highest BCUT2D eigenvalue weighted by molar-refractivity contribution is 5.75. The van der Waals surface area contributed by atoms with E-state index in [1.807, 2.05) is 6.07 Å². The largest absolute Gasteiger partial charge is 0.376 e. The van der Waals surface area contributed by atoms with Crippen LogP contribution in [0.4, 0.5) is 0 Å².